The average molecular weight is 556 g/mol. The van der Waals surface area contributed by atoms with Gasteiger partial charge in [-0.25, -0.2) is 8.42 Å². The largest absolute Gasteiger partial charge is 0.355 e. The smallest absolute Gasteiger partial charge is 0.264 e. The molecule has 3 rings (SSSR count). The lowest BCUT2D eigenvalue weighted by Crippen LogP contribution is -2.52. The molecule has 0 radical (unpaired) electrons. The normalized spacial score (nSPS) is 12.0. The maximum Gasteiger partial charge on any atom is 0.264 e. The molecule has 0 unspecified atom stereocenters. The van der Waals surface area contributed by atoms with Crippen molar-refractivity contribution in [3.05, 3.63) is 94.5 Å². The van der Waals surface area contributed by atoms with Crippen molar-refractivity contribution in [3.63, 3.8) is 0 Å². The summed E-state index contributed by atoms with van der Waals surface area (Å²) in [6, 6.07) is 19.7. The number of sulfonamides is 1. The zero-order chi connectivity index (χ0) is 27.9. The monoisotopic (exact) mass is 555 g/mol. The predicted molar refractivity (Wildman–Crippen MR) is 152 cm³/mol. The van der Waals surface area contributed by atoms with Crippen LogP contribution < -0.4 is 9.62 Å². The van der Waals surface area contributed by atoms with E-state index in [1.165, 1.54) is 17.0 Å². The van der Waals surface area contributed by atoms with Crippen LogP contribution >= 0.6 is 11.6 Å². The van der Waals surface area contributed by atoms with E-state index in [1.807, 2.05) is 26.8 Å². The first-order valence-electron chi connectivity index (χ1n) is 12.6. The number of likely N-dealkylation sites (N-methyl/N-ethyl adjacent to an activating group) is 1. The van der Waals surface area contributed by atoms with E-state index in [9.17, 15) is 18.0 Å². The molecule has 0 heterocycles. The number of anilines is 1. The number of hydrogen-bond acceptors (Lipinski definition) is 4. The number of nitrogens with one attached hydrogen (secondary N) is 1. The van der Waals surface area contributed by atoms with Crippen LogP contribution in [0.25, 0.3) is 0 Å². The lowest BCUT2D eigenvalue weighted by atomic mass is 10.1. The maximum absolute atomic E-state index is 14.0. The van der Waals surface area contributed by atoms with Gasteiger partial charge in [0, 0.05) is 18.1 Å². The molecule has 0 aliphatic heterocycles. The number of aryl methyl sites for hydroxylation is 1. The highest BCUT2D eigenvalue weighted by Gasteiger charge is 2.34. The second-order valence-corrected chi connectivity index (χ2v) is 11.2. The Kier molecular flexibility index (Phi) is 9.94. The van der Waals surface area contributed by atoms with E-state index >= 15 is 0 Å². The summed E-state index contributed by atoms with van der Waals surface area (Å²) in [6.45, 7) is 7.31. The molecule has 202 valence electrons. The molecule has 1 atom stereocenters. The molecule has 0 aliphatic rings. The summed E-state index contributed by atoms with van der Waals surface area (Å²) in [6.07, 6.45) is 0.344. The molecule has 1 N–H and O–H groups in total. The van der Waals surface area contributed by atoms with Crippen LogP contribution in [0.5, 0.6) is 0 Å². The van der Waals surface area contributed by atoms with E-state index in [1.54, 1.807) is 61.5 Å². The number of amides is 2. The molecule has 0 spiro atoms. The summed E-state index contributed by atoms with van der Waals surface area (Å²) >= 11 is 6.41. The Bertz CT molecular complexity index is 1380. The highest BCUT2D eigenvalue weighted by molar-refractivity contribution is 7.92. The van der Waals surface area contributed by atoms with Crippen LogP contribution in [-0.4, -0.2) is 44.3 Å². The van der Waals surface area contributed by atoms with E-state index in [4.69, 9.17) is 11.6 Å². The quantitative estimate of drug-likeness (QED) is 0.357. The molecule has 0 bridgehead atoms. The summed E-state index contributed by atoms with van der Waals surface area (Å²) in [5, 5.41) is 3.25. The van der Waals surface area contributed by atoms with Crippen LogP contribution in [0.4, 0.5) is 5.69 Å². The van der Waals surface area contributed by atoms with E-state index in [0.29, 0.717) is 29.2 Å². The average Bonchev–Trinajstić information content (AvgIpc) is 2.90. The van der Waals surface area contributed by atoms with Gasteiger partial charge in [0.05, 0.1) is 10.6 Å². The third-order valence-electron chi connectivity index (χ3n) is 6.49. The van der Waals surface area contributed by atoms with Crippen molar-refractivity contribution < 1.29 is 18.0 Å². The van der Waals surface area contributed by atoms with Gasteiger partial charge in [0.25, 0.3) is 10.0 Å². The second-order valence-electron chi connectivity index (χ2n) is 8.98. The molecule has 2 amide bonds. The van der Waals surface area contributed by atoms with Crippen molar-refractivity contribution in [1.82, 2.24) is 10.2 Å². The zero-order valence-corrected chi connectivity index (χ0v) is 23.7. The van der Waals surface area contributed by atoms with Crippen molar-refractivity contribution >= 4 is 39.1 Å². The Balaban J connectivity index is 2.11. The van der Waals surface area contributed by atoms with E-state index in [-0.39, 0.29) is 17.3 Å². The highest BCUT2D eigenvalue weighted by Crippen LogP contribution is 2.29. The molecular formula is C29H34ClN3O4S. The summed E-state index contributed by atoms with van der Waals surface area (Å²) in [5.74, 6) is -0.817. The fourth-order valence-electron chi connectivity index (χ4n) is 4.26. The number of hydrogen-bond donors (Lipinski definition) is 1. The molecule has 0 aliphatic carbocycles. The van der Waals surface area contributed by atoms with Gasteiger partial charge in [0.15, 0.2) is 0 Å². The molecular weight excluding hydrogens is 522 g/mol. The van der Waals surface area contributed by atoms with Crippen LogP contribution in [0.2, 0.25) is 5.02 Å². The summed E-state index contributed by atoms with van der Waals surface area (Å²) in [4.78, 5) is 28.5. The number of carbonyl (C=O) groups is 2. The first-order valence-corrected chi connectivity index (χ1v) is 14.4. The van der Waals surface area contributed by atoms with Gasteiger partial charge in [-0.05, 0) is 68.1 Å². The summed E-state index contributed by atoms with van der Waals surface area (Å²) in [5.41, 5.74) is 2.71. The minimum atomic E-state index is -4.11. The minimum Gasteiger partial charge on any atom is -0.355 e. The Labute approximate surface area is 230 Å². The molecule has 0 fully saturated rings. The standard InChI is InChI=1S/C29H34ClN3O4S/c1-5-26(29(35)31-6-2)32(19-23-14-10-11-17-25(23)30)28(34)20-33(27-18-12-13-21(3)22(27)4)38(36,37)24-15-8-7-9-16-24/h7-18,26H,5-6,19-20H2,1-4H3,(H,31,35)/t26-/m1/s1. The van der Waals surface area contributed by atoms with E-state index in [2.05, 4.69) is 5.32 Å². The van der Waals surface area contributed by atoms with Gasteiger partial charge in [-0.3, -0.25) is 13.9 Å². The molecule has 0 saturated carbocycles. The van der Waals surface area contributed by atoms with E-state index < -0.39 is 28.5 Å². The Hall–Kier alpha value is -3.36. The van der Waals surface area contributed by atoms with Gasteiger partial charge < -0.3 is 10.2 Å². The fraction of sp³-hybridized carbons (Fsp3) is 0.310. The number of carbonyl (C=O) groups excluding carboxylic acids is 2. The SMILES string of the molecule is CCNC(=O)[C@@H](CC)N(Cc1ccccc1Cl)C(=O)CN(c1cccc(C)c1C)S(=O)(=O)c1ccccc1. The van der Waals surface area contributed by atoms with E-state index in [0.717, 1.165) is 15.4 Å². The van der Waals surface area contributed by atoms with Crippen LogP contribution in [0, 0.1) is 13.8 Å². The topological polar surface area (TPSA) is 86.8 Å². The summed E-state index contributed by atoms with van der Waals surface area (Å²) < 4.78 is 28.9. The summed E-state index contributed by atoms with van der Waals surface area (Å²) in [7, 11) is -4.11. The van der Waals surface area contributed by atoms with Crippen molar-refractivity contribution in [2.24, 2.45) is 0 Å². The Morgan fingerprint density at radius 2 is 1.58 bits per heavy atom. The van der Waals surface area contributed by atoms with Gasteiger partial charge in [0.1, 0.15) is 12.6 Å². The van der Waals surface area contributed by atoms with Crippen molar-refractivity contribution in [1.29, 1.82) is 0 Å². The Morgan fingerprint density at radius 1 is 0.921 bits per heavy atom. The predicted octanol–water partition coefficient (Wildman–Crippen LogP) is 5.10. The van der Waals surface area contributed by atoms with Gasteiger partial charge in [0.2, 0.25) is 11.8 Å². The molecule has 3 aromatic carbocycles. The van der Waals surface area contributed by atoms with Crippen LogP contribution in [0.1, 0.15) is 37.0 Å². The van der Waals surface area contributed by atoms with Crippen molar-refractivity contribution in [3.8, 4) is 0 Å². The van der Waals surface area contributed by atoms with Gasteiger partial charge >= 0.3 is 0 Å². The van der Waals surface area contributed by atoms with Gasteiger partial charge in [-0.1, -0.05) is 67.1 Å². The maximum atomic E-state index is 14.0. The second kappa shape index (κ2) is 12.9. The molecule has 38 heavy (non-hydrogen) atoms. The molecule has 0 aromatic heterocycles. The van der Waals surface area contributed by atoms with Crippen LogP contribution in [0.3, 0.4) is 0 Å². The number of nitrogens with zero attached hydrogens (tertiary/aromatic N) is 2. The van der Waals surface area contributed by atoms with Gasteiger partial charge in [-0.15, -0.1) is 0 Å². The third kappa shape index (κ3) is 6.55. The fourth-order valence-corrected chi connectivity index (χ4v) is 5.95. The highest BCUT2D eigenvalue weighted by atomic mass is 35.5. The van der Waals surface area contributed by atoms with Gasteiger partial charge in [-0.2, -0.15) is 0 Å². The lowest BCUT2D eigenvalue weighted by Gasteiger charge is -2.33. The lowest BCUT2D eigenvalue weighted by molar-refractivity contribution is -0.140. The number of benzene rings is 3. The molecule has 9 heteroatoms. The Morgan fingerprint density at radius 3 is 2.21 bits per heavy atom. The minimum absolute atomic E-state index is 0.0557. The van der Waals surface area contributed by atoms with Crippen molar-refractivity contribution in [2.45, 2.75) is 51.6 Å². The first kappa shape index (κ1) is 29.2. The molecule has 7 nitrogen and oxygen atoms in total. The van der Waals surface area contributed by atoms with Crippen LogP contribution in [-0.2, 0) is 26.2 Å². The number of rotatable bonds is 11. The first-order chi connectivity index (χ1) is 18.1. The van der Waals surface area contributed by atoms with Crippen molar-refractivity contribution in [2.75, 3.05) is 17.4 Å². The zero-order valence-electron chi connectivity index (χ0n) is 22.1. The molecule has 0 saturated heterocycles. The van der Waals surface area contributed by atoms with Crippen LogP contribution in [0.15, 0.2) is 77.7 Å². The molecule has 3 aromatic rings. The third-order valence-corrected chi connectivity index (χ3v) is 8.63. The number of halogens is 1.